The van der Waals surface area contributed by atoms with Crippen molar-refractivity contribution in [1.29, 1.82) is 0 Å². The molecule has 186 valence electrons. The lowest BCUT2D eigenvalue weighted by Gasteiger charge is -2.32. The van der Waals surface area contributed by atoms with Gasteiger partial charge in [0.1, 0.15) is 5.82 Å². The van der Waals surface area contributed by atoms with Gasteiger partial charge >= 0.3 is 0 Å². The number of amides is 1. The number of carbonyl (C=O) groups is 1. The van der Waals surface area contributed by atoms with Crippen LogP contribution in [-0.4, -0.2) is 26.9 Å². The molecule has 1 aromatic heterocycles. The molecule has 6 heteroatoms. The van der Waals surface area contributed by atoms with Crippen molar-refractivity contribution in [1.82, 2.24) is 14.5 Å². The summed E-state index contributed by atoms with van der Waals surface area (Å²) in [5.41, 5.74) is 3.29. The minimum atomic E-state index is -0.423. The van der Waals surface area contributed by atoms with E-state index in [1.54, 1.807) is 22.8 Å². The van der Waals surface area contributed by atoms with E-state index in [4.69, 9.17) is 16.6 Å². The standard InChI is InChI=1S/C30H32ClN3O2/c1-20(2)19-33(28(35)17-12-23-8-6-5-7-9-23)22(4)29-32-27-18-24(31)13-16-26(27)30(36)34(29)25-14-10-21(3)11-15-25/h5-11,13-16,18,20,22H,12,17,19H2,1-4H3. The second kappa shape index (κ2) is 11.1. The van der Waals surface area contributed by atoms with E-state index in [-0.39, 0.29) is 17.4 Å². The fourth-order valence-electron chi connectivity index (χ4n) is 4.45. The lowest BCUT2D eigenvalue weighted by Crippen LogP contribution is -2.39. The molecule has 0 radical (unpaired) electrons. The number of nitrogens with zero attached hydrogens (tertiary/aromatic N) is 3. The predicted octanol–water partition coefficient (Wildman–Crippen LogP) is 6.53. The van der Waals surface area contributed by atoms with Gasteiger partial charge < -0.3 is 4.90 Å². The Bertz CT molecular complexity index is 1410. The lowest BCUT2D eigenvalue weighted by atomic mass is 10.1. The topological polar surface area (TPSA) is 55.2 Å². The summed E-state index contributed by atoms with van der Waals surface area (Å²) >= 11 is 6.25. The minimum Gasteiger partial charge on any atom is -0.333 e. The molecule has 5 nitrogen and oxygen atoms in total. The molecule has 4 rings (SSSR count). The smallest absolute Gasteiger partial charge is 0.266 e. The van der Waals surface area contributed by atoms with Crippen molar-refractivity contribution in [2.75, 3.05) is 6.54 Å². The van der Waals surface area contributed by atoms with E-state index in [1.807, 2.05) is 73.3 Å². The second-order valence-electron chi connectivity index (χ2n) is 9.71. The zero-order valence-corrected chi connectivity index (χ0v) is 22.0. The molecule has 0 saturated carbocycles. The van der Waals surface area contributed by atoms with Gasteiger partial charge in [-0.1, -0.05) is 73.5 Å². The molecule has 3 aromatic carbocycles. The van der Waals surface area contributed by atoms with Gasteiger partial charge in [0.25, 0.3) is 5.56 Å². The van der Waals surface area contributed by atoms with E-state index in [9.17, 15) is 9.59 Å². The quantitative estimate of drug-likeness (QED) is 0.276. The van der Waals surface area contributed by atoms with E-state index < -0.39 is 6.04 Å². The van der Waals surface area contributed by atoms with Crippen LogP contribution in [0.1, 0.15) is 50.2 Å². The molecule has 0 spiro atoms. The number of halogens is 1. The Kier molecular flexibility index (Phi) is 7.90. The number of benzene rings is 3. The maximum atomic E-state index is 13.8. The number of rotatable bonds is 8. The van der Waals surface area contributed by atoms with Crippen LogP contribution in [0.5, 0.6) is 0 Å². The first kappa shape index (κ1) is 25.6. The first-order valence-corrected chi connectivity index (χ1v) is 12.7. The zero-order valence-electron chi connectivity index (χ0n) is 21.2. The van der Waals surface area contributed by atoms with Crippen molar-refractivity contribution in [3.8, 4) is 5.69 Å². The number of aromatic nitrogens is 2. The number of hydrogen-bond donors (Lipinski definition) is 0. The van der Waals surface area contributed by atoms with E-state index >= 15 is 0 Å². The van der Waals surface area contributed by atoms with Gasteiger partial charge in [-0.2, -0.15) is 0 Å². The third-order valence-corrected chi connectivity index (χ3v) is 6.58. The highest BCUT2D eigenvalue weighted by Crippen LogP contribution is 2.26. The monoisotopic (exact) mass is 501 g/mol. The number of carbonyl (C=O) groups excluding carboxylic acids is 1. The number of hydrogen-bond acceptors (Lipinski definition) is 3. The molecule has 0 aliphatic carbocycles. The molecule has 1 heterocycles. The van der Waals surface area contributed by atoms with Gasteiger partial charge in [0.15, 0.2) is 0 Å². The van der Waals surface area contributed by atoms with Crippen LogP contribution in [-0.2, 0) is 11.2 Å². The summed E-state index contributed by atoms with van der Waals surface area (Å²) in [5.74, 6) is 0.811. The molecule has 1 unspecified atom stereocenters. The summed E-state index contributed by atoms with van der Waals surface area (Å²) in [4.78, 5) is 34.1. The highest BCUT2D eigenvalue weighted by atomic mass is 35.5. The van der Waals surface area contributed by atoms with Crippen LogP contribution in [0.25, 0.3) is 16.6 Å². The summed E-state index contributed by atoms with van der Waals surface area (Å²) in [6.07, 6.45) is 1.04. The average molecular weight is 502 g/mol. The molecule has 0 N–H and O–H groups in total. The molecule has 0 bridgehead atoms. The maximum absolute atomic E-state index is 13.8. The van der Waals surface area contributed by atoms with Crippen LogP contribution >= 0.6 is 11.6 Å². The van der Waals surface area contributed by atoms with Crippen LogP contribution < -0.4 is 5.56 Å². The van der Waals surface area contributed by atoms with Gasteiger partial charge in [-0.05, 0) is 62.1 Å². The van der Waals surface area contributed by atoms with E-state index in [1.165, 1.54) is 0 Å². The van der Waals surface area contributed by atoms with Crippen molar-refractivity contribution in [3.05, 3.63) is 105 Å². The molecule has 0 aliphatic rings. The highest BCUT2D eigenvalue weighted by molar-refractivity contribution is 6.31. The Morgan fingerprint density at radius 2 is 1.69 bits per heavy atom. The highest BCUT2D eigenvalue weighted by Gasteiger charge is 2.27. The van der Waals surface area contributed by atoms with Crippen LogP contribution in [0.15, 0.2) is 77.6 Å². The van der Waals surface area contributed by atoms with Crippen molar-refractivity contribution >= 4 is 28.4 Å². The fourth-order valence-corrected chi connectivity index (χ4v) is 4.61. The summed E-state index contributed by atoms with van der Waals surface area (Å²) in [6.45, 7) is 8.69. The van der Waals surface area contributed by atoms with Gasteiger partial charge in [0, 0.05) is 18.0 Å². The number of fused-ring (bicyclic) bond motifs is 1. The van der Waals surface area contributed by atoms with Crippen molar-refractivity contribution < 1.29 is 4.79 Å². The Balaban J connectivity index is 1.80. The van der Waals surface area contributed by atoms with E-state index in [2.05, 4.69) is 13.8 Å². The van der Waals surface area contributed by atoms with E-state index in [0.717, 1.165) is 16.8 Å². The first-order chi connectivity index (χ1) is 17.2. The molecule has 0 fully saturated rings. The predicted molar refractivity (Wildman–Crippen MR) is 147 cm³/mol. The third-order valence-electron chi connectivity index (χ3n) is 6.34. The molecular formula is C30H32ClN3O2. The molecular weight excluding hydrogens is 470 g/mol. The van der Waals surface area contributed by atoms with Crippen molar-refractivity contribution in [3.63, 3.8) is 0 Å². The van der Waals surface area contributed by atoms with E-state index in [0.29, 0.717) is 41.1 Å². The van der Waals surface area contributed by atoms with Crippen molar-refractivity contribution in [2.45, 2.75) is 46.6 Å². The normalized spacial score (nSPS) is 12.2. The lowest BCUT2D eigenvalue weighted by molar-refractivity contribution is -0.134. The first-order valence-electron chi connectivity index (χ1n) is 12.4. The average Bonchev–Trinajstić information content (AvgIpc) is 2.86. The zero-order chi connectivity index (χ0) is 25.8. The van der Waals surface area contributed by atoms with Crippen molar-refractivity contribution in [2.24, 2.45) is 5.92 Å². The Hall–Kier alpha value is -3.44. The SMILES string of the molecule is Cc1ccc(-n2c(C(C)N(CC(C)C)C(=O)CCc3ccccc3)nc3cc(Cl)ccc3c2=O)cc1. The van der Waals surface area contributed by atoms with Crippen LogP contribution in [0.3, 0.4) is 0 Å². The van der Waals surface area contributed by atoms with Gasteiger partial charge in [-0.3, -0.25) is 14.2 Å². The number of aryl methyl sites for hydroxylation is 2. The summed E-state index contributed by atoms with van der Waals surface area (Å²) in [6, 6.07) is 22.5. The van der Waals surface area contributed by atoms with Crippen LogP contribution in [0, 0.1) is 12.8 Å². The molecule has 1 amide bonds. The summed E-state index contributed by atoms with van der Waals surface area (Å²) < 4.78 is 1.64. The Morgan fingerprint density at radius 1 is 1.00 bits per heavy atom. The summed E-state index contributed by atoms with van der Waals surface area (Å²) in [5, 5.41) is 1.00. The molecule has 0 saturated heterocycles. The van der Waals surface area contributed by atoms with Crippen LogP contribution in [0.2, 0.25) is 5.02 Å². The molecule has 0 aliphatic heterocycles. The fraction of sp³-hybridized carbons (Fsp3) is 0.300. The molecule has 4 aromatic rings. The second-order valence-corrected chi connectivity index (χ2v) is 10.1. The Labute approximate surface area is 217 Å². The van der Waals surface area contributed by atoms with Gasteiger partial charge in [0.2, 0.25) is 5.91 Å². The molecule has 1 atom stereocenters. The Morgan fingerprint density at radius 3 is 2.36 bits per heavy atom. The summed E-state index contributed by atoms with van der Waals surface area (Å²) in [7, 11) is 0. The minimum absolute atomic E-state index is 0.0379. The molecule has 36 heavy (non-hydrogen) atoms. The largest absolute Gasteiger partial charge is 0.333 e. The van der Waals surface area contributed by atoms with Crippen LogP contribution in [0.4, 0.5) is 0 Å². The van der Waals surface area contributed by atoms with Gasteiger partial charge in [0.05, 0.1) is 22.6 Å². The third kappa shape index (κ3) is 5.68. The van der Waals surface area contributed by atoms with Gasteiger partial charge in [-0.25, -0.2) is 4.98 Å². The van der Waals surface area contributed by atoms with Gasteiger partial charge in [-0.15, -0.1) is 0 Å². The maximum Gasteiger partial charge on any atom is 0.266 e.